The van der Waals surface area contributed by atoms with Crippen molar-refractivity contribution in [2.24, 2.45) is 5.73 Å². The number of hydrogen-bond acceptors (Lipinski definition) is 13. The molecule has 58 heavy (non-hydrogen) atoms. The molecule has 0 saturated carbocycles. The minimum atomic E-state index is -0.545. The number of ether oxygens (including phenoxy) is 9. The summed E-state index contributed by atoms with van der Waals surface area (Å²) in [5.41, 5.74) is 10.3. The molecule has 3 aromatic rings. The maximum atomic E-state index is 13.5. The van der Waals surface area contributed by atoms with Crippen LogP contribution < -0.4 is 16.0 Å². The molecule has 0 fully saturated rings. The van der Waals surface area contributed by atoms with Gasteiger partial charge in [0.1, 0.15) is 0 Å². The number of nitrogens with two attached hydrogens (primary N) is 1. The van der Waals surface area contributed by atoms with E-state index in [1.165, 1.54) is 0 Å². The van der Waals surface area contributed by atoms with Gasteiger partial charge in [0.05, 0.1) is 117 Å². The van der Waals surface area contributed by atoms with Crippen molar-refractivity contribution in [1.82, 2.24) is 4.98 Å². The van der Waals surface area contributed by atoms with Gasteiger partial charge in [-0.05, 0) is 74.7 Å². The van der Waals surface area contributed by atoms with Crippen LogP contribution in [0, 0.1) is 0 Å². The summed E-state index contributed by atoms with van der Waals surface area (Å²) in [4.78, 5) is 32.1. The predicted molar refractivity (Wildman–Crippen MR) is 223 cm³/mol. The number of hydrogen-bond donors (Lipinski definition) is 2. The largest absolute Gasteiger partial charge is 0.382 e. The molecule has 0 bridgehead atoms. The van der Waals surface area contributed by atoms with Crippen LogP contribution in [0.25, 0.3) is 11.3 Å². The molecule has 322 valence electrons. The third-order valence-electron chi connectivity index (χ3n) is 8.68. The summed E-state index contributed by atoms with van der Waals surface area (Å²) in [5, 5.41) is 3.06. The first-order valence-corrected chi connectivity index (χ1v) is 20.1. The van der Waals surface area contributed by atoms with Crippen LogP contribution in [0.3, 0.4) is 0 Å². The zero-order valence-electron chi connectivity index (χ0n) is 34.6. The molecule has 0 unspecified atom stereocenters. The van der Waals surface area contributed by atoms with Crippen molar-refractivity contribution in [1.29, 1.82) is 0 Å². The van der Waals surface area contributed by atoms with E-state index in [1.807, 2.05) is 36.4 Å². The maximum Gasteiger partial charge on any atom is 0.255 e. The number of aryl methyl sites for hydroxylation is 1. The topological polar surface area (TPSA) is 171 Å². The number of carbonyl (C=O) groups is 2. The van der Waals surface area contributed by atoms with Crippen LogP contribution in [0.1, 0.15) is 46.5 Å². The molecule has 0 aliphatic heterocycles. The molecule has 1 aromatic heterocycles. The molecule has 0 aliphatic carbocycles. The van der Waals surface area contributed by atoms with Gasteiger partial charge in [0.2, 0.25) is 5.91 Å². The Morgan fingerprint density at radius 1 is 0.621 bits per heavy atom. The van der Waals surface area contributed by atoms with Crippen LogP contribution in [0.5, 0.6) is 0 Å². The number of pyridine rings is 1. The van der Waals surface area contributed by atoms with Gasteiger partial charge in [-0.1, -0.05) is 12.1 Å². The van der Waals surface area contributed by atoms with Crippen LogP contribution in [0.4, 0.5) is 11.4 Å². The number of methoxy groups -OCH3 is 1. The summed E-state index contributed by atoms with van der Waals surface area (Å²) in [6.07, 6.45) is 3.11. The van der Waals surface area contributed by atoms with Crippen molar-refractivity contribution in [2.75, 3.05) is 143 Å². The second kappa shape index (κ2) is 31.0. The molecule has 15 heteroatoms. The first-order chi connectivity index (χ1) is 28.5. The van der Waals surface area contributed by atoms with Crippen molar-refractivity contribution < 1.29 is 52.2 Å². The lowest BCUT2D eigenvalue weighted by atomic mass is 10.0. The highest BCUT2D eigenvalue weighted by molar-refractivity contribution is 6.06. The molecule has 2 aromatic carbocycles. The fourth-order valence-corrected chi connectivity index (χ4v) is 5.59. The minimum Gasteiger partial charge on any atom is -0.382 e. The quantitative estimate of drug-likeness (QED) is 0.0788. The van der Waals surface area contributed by atoms with E-state index in [4.69, 9.17) is 48.4 Å². The normalized spacial score (nSPS) is 11.2. The number of benzene rings is 2. The monoisotopic (exact) mass is 812 g/mol. The van der Waals surface area contributed by atoms with Crippen LogP contribution in [0.15, 0.2) is 60.8 Å². The van der Waals surface area contributed by atoms with E-state index >= 15 is 0 Å². The second-order valence-corrected chi connectivity index (χ2v) is 12.8. The Balaban J connectivity index is 1.21. The van der Waals surface area contributed by atoms with Gasteiger partial charge in [0, 0.05) is 55.4 Å². The summed E-state index contributed by atoms with van der Waals surface area (Å²) in [7, 11) is 1.64. The maximum absolute atomic E-state index is 13.5. The van der Waals surface area contributed by atoms with Gasteiger partial charge in [-0.3, -0.25) is 14.6 Å². The number of aromatic nitrogens is 1. The SMILES string of the molecule is CCN(CC)c1ccc(NC(=O)c2cccc(CCCOCCOCCOCCOCCOCCOCCOCCOCCOC)c2)c(-c2cc(C(N)=O)ccn2)c1. The molecule has 0 aliphatic rings. The third-order valence-corrected chi connectivity index (χ3v) is 8.68. The first-order valence-electron chi connectivity index (χ1n) is 20.1. The Morgan fingerprint density at radius 3 is 1.64 bits per heavy atom. The van der Waals surface area contributed by atoms with E-state index in [1.54, 1.807) is 31.5 Å². The highest BCUT2D eigenvalue weighted by Crippen LogP contribution is 2.32. The Labute approximate surface area is 343 Å². The molecule has 0 spiro atoms. The summed E-state index contributed by atoms with van der Waals surface area (Å²) in [5.74, 6) is -0.788. The van der Waals surface area contributed by atoms with Crippen molar-refractivity contribution in [2.45, 2.75) is 26.7 Å². The van der Waals surface area contributed by atoms with E-state index < -0.39 is 5.91 Å². The van der Waals surface area contributed by atoms with Crippen LogP contribution in [-0.4, -0.2) is 149 Å². The molecule has 2 amide bonds. The molecule has 0 saturated heterocycles. The van der Waals surface area contributed by atoms with Gasteiger partial charge in [0.25, 0.3) is 5.91 Å². The average Bonchev–Trinajstić information content (AvgIpc) is 3.24. The minimum absolute atomic E-state index is 0.243. The van der Waals surface area contributed by atoms with Crippen molar-refractivity contribution in [3.05, 3.63) is 77.5 Å². The Kier molecular flexibility index (Phi) is 25.8. The van der Waals surface area contributed by atoms with Crippen LogP contribution in [-0.2, 0) is 49.1 Å². The van der Waals surface area contributed by atoms with Gasteiger partial charge in [-0.2, -0.15) is 0 Å². The number of anilines is 2. The zero-order chi connectivity index (χ0) is 41.5. The molecule has 1 heterocycles. The Bertz CT molecular complexity index is 1560. The van der Waals surface area contributed by atoms with E-state index in [2.05, 4.69) is 29.0 Å². The fourth-order valence-electron chi connectivity index (χ4n) is 5.59. The number of nitrogens with one attached hydrogen (secondary N) is 1. The third kappa shape index (κ3) is 20.1. The molecule has 0 radical (unpaired) electrons. The number of primary amides is 1. The summed E-state index contributed by atoms with van der Waals surface area (Å²) < 4.78 is 49.0. The van der Waals surface area contributed by atoms with E-state index in [-0.39, 0.29) is 5.91 Å². The molecule has 0 atom stereocenters. The molecule has 3 N–H and O–H groups in total. The van der Waals surface area contributed by atoms with Crippen molar-refractivity contribution in [3.63, 3.8) is 0 Å². The summed E-state index contributed by atoms with van der Waals surface area (Å²) in [6.45, 7) is 14.6. The smallest absolute Gasteiger partial charge is 0.255 e. The lowest BCUT2D eigenvalue weighted by molar-refractivity contribution is -0.0243. The second-order valence-electron chi connectivity index (χ2n) is 12.8. The van der Waals surface area contributed by atoms with Crippen molar-refractivity contribution in [3.8, 4) is 11.3 Å². The highest BCUT2D eigenvalue weighted by Gasteiger charge is 2.16. The van der Waals surface area contributed by atoms with E-state index in [9.17, 15) is 9.59 Å². The first kappa shape index (κ1) is 48.3. The Morgan fingerprint density at radius 2 is 1.14 bits per heavy atom. The van der Waals surface area contributed by atoms with Gasteiger partial charge < -0.3 is 58.6 Å². The number of nitrogens with zero attached hydrogens (tertiary/aromatic N) is 2. The fraction of sp³-hybridized carbons (Fsp3) is 0.558. The standard InChI is InChI=1S/C43H64N4O11/c1-4-47(5-2)38-11-12-40(39(34-38)41-33-36(42(44)48)13-14-45-41)46-43(49)37-10-6-8-35(32-37)9-7-15-51-18-19-53-22-23-55-26-27-57-30-31-58-29-28-56-25-24-54-21-20-52-17-16-50-3/h6,8,10-14,32-34H,4-5,7,9,15-31H2,1-3H3,(H2,44,48)(H,46,49). The van der Waals surface area contributed by atoms with Gasteiger partial charge in [0.15, 0.2) is 0 Å². The summed E-state index contributed by atoms with van der Waals surface area (Å²) in [6, 6.07) is 16.6. The summed E-state index contributed by atoms with van der Waals surface area (Å²) >= 11 is 0. The lowest BCUT2D eigenvalue weighted by Gasteiger charge is -2.23. The van der Waals surface area contributed by atoms with Crippen LogP contribution >= 0.6 is 0 Å². The highest BCUT2D eigenvalue weighted by atomic mass is 16.6. The van der Waals surface area contributed by atoms with Crippen molar-refractivity contribution >= 4 is 23.2 Å². The Hall–Kier alpha value is -4.03. The van der Waals surface area contributed by atoms with Gasteiger partial charge in [-0.25, -0.2) is 0 Å². The molecule has 3 rings (SSSR count). The number of carbonyl (C=O) groups excluding carboxylic acids is 2. The van der Waals surface area contributed by atoms with Gasteiger partial charge >= 0.3 is 0 Å². The van der Waals surface area contributed by atoms with Gasteiger partial charge in [-0.15, -0.1) is 0 Å². The molecular formula is C43H64N4O11. The van der Waals surface area contributed by atoms with E-state index in [0.717, 1.165) is 37.2 Å². The number of amides is 2. The zero-order valence-corrected chi connectivity index (χ0v) is 34.6. The van der Waals surface area contributed by atoms with Crippen LogP contribution in [0.2, 0.25) is 0 Å². The van der Waals surface area contributed by atoms with E-state index in [0.29, 0.717) is 140 Å². The number of rotatable bonds is 35. The average molecular weight is 813 g/mol. The molecule has 15 nitrogen and oxygen atoms in total. The lowest BCUT2D eigenvalue weighted by Crippen LogP contribution is -2.22. The molecular weight excluding hydrogens is 748 g/mol. The predicted octanol–water partition coefficient (Wildman–Crippen LogP) is 4.66.